The Balaban J connectivity index is 2.27. The van der Waals surface area contributed by atoms with Crippen molar-refractivity contribution in [2.75, 3.05) is 19.6 Å². The molecular weight excluding hydrogens is 188 g/mol. The van der Waals surface area contributed by atoms with Crippen molar-refractivity contribution in [3.63, 3.8) is 0 Å². The normalized spacial score (nSPS) is 19.1. The maximum absolute atomic E-state index is 11.7. The van der Waals surface area contributed by atoms with Crippen LogP contribution < -0.4 is 5.32 Å². The predicted octanol–water partition coefficient (Wildman–Crippen LogP) is 1.78. The molecule has 0 bridgehead atoms. The lowest BCUT2D eigenvalue weighted by Gasteiger charge is -2.25. The summed E-state index contributed by atoms with van der Waals surface area (Å²) in [6.07, 6.45) is 4.19. The fraction of sp³-hybridized carbons (Fsp3) is 0.917. The first kappa shape index (κ1) is 12.5. The molecule has 0 aromatic heterocycles. The number of nitrogens with one attached hydrogen (secondary N) is 1. The summed E-state index contributed by atoms with van der Waals surface area (Å²) in [4.78, 5) is 13.7. The molecule has 0 spiro atoms. The Morgan fingerprint density at radius 3 is 2.67 bits per heavy atom. The molecule has 0 unspecified atom stereocenters. The van der Waals surface area contributed by atoms with Gasteiger partial charge in [0.2, 0.25) is 5.91 Å². The van der Waals surface area contributed by atoms with Crippen LogP contribution in [0.4, 0.5) is 0 Å². The third kappa shape index (κ3) is 5.17. The van der Waals surface area contributed by atoms with E-state index >= 15 is 0 Å². The molecule has 1 aliphatic rings. The van der Waals surface area contributed by atoms with Crippen molar-refractivity contribution in [3.05, 3.63) is 0 Å². The SMILES string of the molecule is CC(C)(C)NCCN1CCCCCC1=O. The van der Waals surface area contributed by atoms with Gasteiger partial charge >= 0.3 is 0 Å². The van der Waals surface area contributed by atoms with Crippen LogP contribution in [-0.4, -0.2) is 36.0 Å². The number of nitrogens with zero attached hydrogens (tertiary/aromatic N) is 1. The number of likely N-dealkylation sites (tertiary alicyclic amines) is 1. The highest BCUT2D eigenvalue weighted by Crippen LogP contribution is 2.10. The monoisotopic (exact) mass is 212 g/mol. The molecule has 1 amide bonds. The Hall–Kier alpha value is -0.570. The molecule has 1 saturated heterocycles. The van der Waals surface area contributed by atoms with Gasteiger partial charge in [-0.1, -0.05) is 6.42 Å². The van der Waals surface area contributed by atoms with E-state index in [9.17, 15) is 4.79 Å². The number of amides is 1. The van der Waals surface area contributed by atoms with Crippen molar-refractivity contribution < 1.29 is 4.79 Å². The second-order valence-corrected chi connectivity index (χ2v) is 5.37. The predicted molar refractivity (Wildman–Crippen MR) is 62.8 cm³/mol. The summed E-state index contributed by atoms with van der Waals surface area (Å²) in [5.74, 6) is 0.336. The molecule has 0 atom stereocenters. The third-order valence-electron chi connectivity index (χ3n) is 2.71. The zero-order valence-corrected chi connectivity index (χ0v) is 10.3. The van der Waals surface area contributed by atoms with Crippen molar-refractivity contribution in [3.8, 4) is 0 Å². The van der Waals surface area contributed by atoms with E-state index in [2.05, 4.69) is 26.1 Å². The highest BCUT2D eigenvalue weighted by atomic mass is 16.2. The van der Waals surface area contributed by atoms with Gasteiger partial charge in [0.1, 0.15) is 0 Å². The maximum atomic E-state index is 11.7. The van der Waals surface area contributed by atoms with E-state index in [1.165, 1.54) is 12.8 Å². The van der Waals surface area contributed by atoms with E-state index in [0.717, 1.165) is 32.5 Å². The van der Waals surface area contributed by atoms with Crippen molar-refractivity contribution >= 4 is 5.91 Å². The summed E-state index contributed by atoms with van der Waals surface area (Å²) >= 11 is 0. The smallest absolute Gasteiger partial charge is 0.222 e. The van der Waals surface area contributed by atoms with Crippen LogP contribution >= 0.6 is 0 Å². The molecule has 0 aromatic rings. The van der Waals surface area contributed by atoms with Gasteiger partial charge in [0.05, 0.1) is 0 Å². The lowest BCUT2D eigenvalue weighted by atomic mass is 10.1. The van der Waals surface area contributed by atoms with Gasteiger partial charge in [-0.05, 0) is 33.6 Å². The molecule has 0 radical (unpaired) electrons. The number of carbonyl (C=O) groups excluding carboxylic acids is 1. The summed E-state index contributed by atoms with van der Waals surface area (Å²) in [7, 11) is 0. The van der Waals surface area contributed by atoms with Gasteiger partial charge < -0.3 is 10.2 Å². The number of carbonyl (C=O) groups is 1. The third-order valence-corrected chi connectivity index (χ3v) is 2.71. The van der Waals surface area contributed by atoms with Crippen LogP contribution in [0.2, 0.25) is 0 Å². The topological polar surface area (TPSA) is 32.3 Å². The number of rotatable bonds is 3. The van der Waals surface area contributed by atoms with E-state index in [1.54, 1.807) is 0 Å². The molecule has 15 heavy (non-hydrogen) atoms. The van der Waals surface area contributed by atoms with Crippen molar-refractivity contribution in [2.45, 2.75) is 52.0 Å². The second-order valence-electron chi connectivity index (χ2n) is 5.37. The summed E-state index contributed by atoms with van der Waals surface area (Å²) in [5, 5.41) is 3.42. The van der Waals surface area contributed by atoms with Gasteiger partial charge in [-0.3, -0.25) is 4.79 Å². The van der Waals surface area contributed by atoms with E-state index in [1.807, 2.05) is 4.90 Å². The largest absolute Gasteiger partial charge is 0.341 e. The zero-order chi connectivity index (χ0) is 11.3. The average molecular weight is 212 g/mol. The summed E-state index contributed by atoms with van der Waals surface area (Å²) in [5.41, 5.74) is 0.148. The zero-order valence-electron chi connectivity index (χ0n) is 10.3. The number of hydrogen-bond acceptors (Lipinski definition) is 2. The quantitative estimate of drug-likeness (QED) is 0.773. The van der Waals surface area contributed by atoms with Gasteiger partial charge in [0, 0.05) is 31.6 Å². The lowest BCUT2D eigenvalue weighted by Crippen LogP contribution is -2.43. The van der Waals surface area contributed by atoms with Gasteiger partial charge in [-0.25, -0.2) is 0 Å². The van der Waals surface area contributed by atoms with Crippen LogP contribution in [0.3, 0.4) is 0 Å². The first-order valence-corrected chi connectivity index (χ1v) is 6.02. The van der Waals surface area contributed by atoms with E-state index in [-0.39, 0.29) is 5.54 Å². The Morgan fingerprint density at radius 1 is 1.27 bits per heavy atom. The molecule has 1 aliphatic heterocycles. The van der Waals surface area contributed by atoms with Crippen molar-refractivity contribution in [1.29, 1.82) is 0 Å². The number of hydrogen-bond donors (Lipinski definition) is 1. The van der Waals surface area contributed by atoms with Crippen LogP contribution in [0.5, 0.6) is 0 Å². The molecule has 0 aromatic carbocycles. The highest BCUT2D eigenvalue weighted by Gasteiger charge is 2.16. The first-order valence-electron chi connectivity index (χ1n) is 6.02. The minimum atomic E-state index is 0.148. The minimum absolute atomic E-state index is 0.148. The molecule has 1 fully saturated rings. The van der Waals surface area contributed by atoms with Crippen molar-refractivity contribution in [2.24, 2.45) is 0 Å². The molecule has 88 valence electrons. The van der Waals surface area contributed by atoms with Gasteiger partial charge in [-0.2, -0.15) is 0 Å². The minimum Gasteiger partial charge on any atom is -0.341 e. The fourth-order valence-corrected chi connectivity index (χ4v) is 1.84. The van der Waals surface area contributed by atoms with Gasteiger partial charge in [0.15, 0.2) is 0 Å². The first-order chi connectivity index (χ1) is 6.99. The van der Waals surface area contributed by atoms with E-state index in [0.29, 0.717) is 5.91 Å². The van der Waals surface area contributed by atoms with Crippen LogP contribution in [0.15, 0.2) is 0 Å². The van der Waals surface area contributed by atoms with E-state index in [4.69, 9.17) is 0 Å². The maximum Gasteiger partial charge on any atom is 0.222 e. The molecule has 3 nitrogen and oxygen atoms in total. The lowest BCUT2D eigenvalue weighted by molar-refractivity contribution is -0.130. The Kier molecular flexibility index (Phi) is 4.58. The molecule has 1 N–H and O–H groups in total. The van der Waals surface area contributed by atoms with Crippen LogP contribution in [0, 0.1) is 0 Å². The molecule has 0 aliphatic carbocycles. The molecular formula is C12H24N2O. The molecule has 3 heteroatoms. The molecule has 1 heterocycles. The Morgan fingerprint density at radius 2 is 2.00 bits per heavy atom. The van der Waals surface area contributed by atoms with Crippen LogP contribution in [0.1, 0.15) is 46.5 Å². The van der Waals surface area contributed by atoms with Crippen LogP contribution in [0.25, 0.3) is 0 Å². The molecule has 1 rings (SSSR count). The Labute approximate surface area is 93.2 Å². The highest BCUT2D eigenvalue weighted by molar-refractivity contribution is 5.76. The summed E-state index contributed by atoms with van der Waals surface area (Å²) in [6, 6.07) is 0. The standard InChI is InChI=1S/C12H24N2O/c1-12(2,3)13-8-10-14-9-6-4-5-7-11(14)15/h13H,4-10H2,1-3H3. The summed E-state index contributed by atoms with van der Waals surface area (Å²) in [6.45, 7) is 9.15. The van der Waals surface area contributed by atoms with Gasteiger partial charge in [-0.15, -0.1) is 0 Å². The average Bonchev–Trinajstić information content (AvgIpc) is 2.30. The van der Waals surface area contributed by atoms with Crippen molar-refractivity contribution in [1.82, 2.24) is 10.2 Å². The molecule has 0 saturated carbocycles. The second kappa shape index (κ2) is 5.50. The van der Waals surface area contributed by atoms with E-state index < -0.39 is 0 Å². The summed E-state index contributed by atoms with van der Waals surface area (Å²) < 4.78 is 0. The Bertz CT molecular complexity index is 208. The van der Waals surface area contributed by atoms with Gasteiger partial charge in [0.25, 0.3) is 0 Å². The fourth-order valence-electron chi connectivity index (χ4n) is 1.84. The van der Waals surface area contributed by atoms with Crippen LogP contribution in [-0.2, 0) is 4.79 Å².